The highest BCUT2D eigenvalue weighted by atomic mass is 32.1. The van der Waals surface area contributed by atoms with E-state index in [-0.39, 0.29) is 0 Å². The molecule has 1 aliphatic heterocycles. The number of benzene rings is 1. The van der Waals surface area contributed by atoms with Gasteiger partial charge in [-0.1, -0.05) is 13.0 Å². The second-order valence-corrected chi connectivity index (χ2v) is 5.18. The topological polar surface area (TPSA) is 28.2 Å². The lowest BCUT2D eigenvalue weighted by molar-refractivity contribution is 0.590. The number of anilines is 1. The zero-order chi connectivity index (χ0) is 11.7. The van der Waals surface area contributed by atoms with Crippen LogP contribution in [0.4, 0.5) is 5.69 Å². The van der Waals surface area contributed by atoms with Gasteiger partial charge in [-0.05, 0) is 30.1 Å². The molecule has 0 aliphatic carbocycles. The standard InChI is InChI=1S/C13H17N3S/c1-2-10-13-11(16-8-6-14-7-9-16)4-3-5-12(13)17-15-10/h3-5,14H,2,6-9H2,1H3. The Balaban J connectivity index is 2.10. The van der Waals surface area contributed by atoms with E-state index in [2.05, 4.69) is 39.7 Å². The Morgan fingerprint density at radius 2 is 2.18 bits per heavy atom. The molecule has 1 aromatic heterocycles. The zero-order valence-electron chi connectivity index (χ0n) is 10.1. The third-order valence-electron chi connectivity index (χ3n) is 3.34. The van der Waals surface area contributed by atoms with E-state index in [0.29, 0.717) is 0 Å². The summed E-state index contributed by atoms with van der Waals surface area (Å²) in [5, 5.41) is 4.78. The summed E-state index contributed by atoms with van der Waals surface area (Å²) in [4.78, 5) is 2.48. The van der Waals surface area contributed by atoms with Crippen LogP contribution >= 0.6 is 11.5 Å². The Labute approximate surface area is 106 Å². The molecule has 4 heteroatoms. The first-order valence-electron chi connectivity index (χ1n) is 6.23. The minimum Gasteiger partial charge on any atom is -0.368 e. The molecule has 0 atom stereocenters. The molecule has 3 nitrogen and oxygen atoms in total. The number of rotatable bonds is 2. The second-order valence-electron chi connectivity index (χ2n) is 4.37. The van der Waals surface area contributed by atoms with Gasteiger partial charge >= 0.3 is 0 Å². The third kappa shape index (κ3) is 1.91. The van der Waals surface area contributed by atoms with Gasteiger partial charge in [-0.15, -0.1) is 0 Å². The number of piperazine rings is 1. The molecule has 1 fully saturated rings. The van der Waals surface area contributed by atoms with Gasteiger partial charge in [-0.3, -0.25) is 0 Å². The van der Waals surface area contributed by atoms with Crippen molar-refractivity contribution < 1.29 is 0 Å². The highest BCUT2D eigenvalue weighted by Gasteiger charge is 2.16. The summed E-state index contributed by atoms with van der Waals surface area (Å²) in [6.07, 6.45) is 1.02. The first kappa shape index (κ1) is 11.0. The Hall–Kier alpha value is -1.13. The molecule has 17 heavy (non-hydrogen) atoms. The van der Waals surface area contributed by atoms with E-state index in [9.17, 15) is 0 Å². The highest BCUT2D eigenvalue weighted by Crippen LogP contribution is 2.32. The van der Waals surface area contributed by atoms with E-state index >= 15 is 0 Å². The first-order valence-corrected chi connectivity index (χ1v) is 7.00. The van der Waals surface area contributed by atoms with Gasteiger partial charge in [0.15, 0.2) is 0 Å². The van der Waals surface area contributed by atoms with Crippen LogP contribution in [0.3, 0.4) is 0 Å². The van der Waals surface area contributed by atoms with Crippen molar-refractivity contribution in [1.29, 1.82) is 0 Å². The average Bonchev–Trinajstić information content (AvgIpc) is 2.82. The lowest BCUT2D eigenvalue weighted by Gasteiger charge is -2.30. The Kier molecular flexibility index (Phi) is 2.99. The van der Waals surface area contributed by atoms with E-state index < -0.39 is 0 Å². The fourth-order valence-electron chi connectivity index (χ4n) is 2.45. The summed E-state index contributed by atoms with van der Waals surface area (Å²) >= 11 is 1.62. The molecule has 0 spiro atoms. The molecule has 0 radical (unpaired) electrons. The van der Waals surface area contributed by atoms with Crippen LogP contribution in [0.15, 0.2) is 18.2 Å². The maximum absolute atomic E-state index is 4.57. The maximum Gasteiger partial charge on any atom is 0.0638 e. The van der Waals surface area contributed by atoms with Crippen LogP contribution in [-0.2, 0) is 6.42 Å². The molecule has 1 N–H and O–H groups in total. The number of fused-ring (bicyclic) bond motifs is 1. The summed E-state index contributed by atoms with van der Waals surface area (Å²) in [6.45, 7) is 6.53. The van der Waals surface area contributed by atoms with Crippen molar-refractivity contribution in [2.24, 2.45) is 0 Å². The van der Waals surface area contributed by atoms with Crippen LogP contribution in [0.2, 0.25) is 0 Å². The Morgan fingerprint density at radius 3 is 2.94 bits per heavy atom. The van der Waals surface area contributed by atoms with Gasteiger partial charge in [0.25, 0.3) is 0 Å². The van der Waals surface area contributed by atoms with Crippen molar-refractivity contribution in [3.63, 3.8) is 0 Å². The van der Waals surface area contributed by atoms with E-state index in [1.54, 1.807) is 11.5 Å². The largest absolute Gasteiger partial charge is 0.368 e. The van der Waals surface area contributed by atoms with E-state index in [4.69, 9.17) is 0 Å². The van der Waals surface area contributed by atoms with Crippen molar-refractivity contribution >= 4 is 27.3 Å². The van der Waals surface area contributed by atoms with Crippen molar-refractivity contribution in [1.82, 2.24) is 9.69 Å². The SMILES string of the molecule is CCc1nsc2cccc(N3CCNCC3)c12. The van der Waals surface area contributed by atoms with E-state index in [0.717, 1.165) is 32.6 Å². The molecule has 1 saturated heterocycles. The Bertz CT molecular complexity index is 514. The minimum atomic E-state index is 1.02. The number of nitrogens with zero attached hydrogens (tertiary/aromatic N) is 2. The summed E-state index contributed by atoms with van der Waals surface area (Å²) in [7, 11) is 0. The van der Waals surface area contributed by atoms with Crippen molar-refractivity contribution in [3.05, 3.63) is 23.9 Å². The highest BCUT2D eigenvalue weighted by molar-refractivity contribution is 7.13. The van der Waals surface area contributed by atoms with Gasteiger partial charge in [0, 0.05) is 37.3 Å². The third-order valence-corrected chi connectivity index (χ3v) is 4.19. The van der Waals surface area contributed by atoms with Crippen molar-refractivity contribution in [2.75, 3.05) is 31.1 Å². The minimum absolute atomic E-state index is 1.02. The number of aryl methyl sites for hydroxylation is 1. The first-order chi connectivity index (χ1) is 8.40. The number of hydrogen-bond donors (Lipinski definition) is 1. The molecular weight excluding hydrogens is 230 g/mol. The molecule has 90 valence electrons. The molecule has 0 amide bonds. The van der Waals surface area contributed by atoms with Crippen LogP contribution in [0, 0.1) is 0 Å². The number of nitrogens with one attached hydrogen (secondary N) is 1. The molecule has 0 unspecified atom stereocenters. The molecule has 2 aromatic rings. The predicted octanol–water partition coefficient (Wildman–Crippen LogP) is 2.27. The maximum atomic E-state index is 4.57. The predicted molar refractivity (Wildman–Crippen MR) is 74.1 cm³/mol. The van der Waals surface area contributed by atoms with Crippen LogP contribution in [0.25, 0.3) is 10.1 Å². The molecule has 3 rings (SSSR count). The average molecular weight is 247 g/mol. The lowest BCUT2D eigenvalue weighted by Crippen LogP contribution is -2.43. The lowest BCUT2D eigenvalue weighted by atomic mass is 10.1. The zero-order valence-corrected chi connectivity index (χ0v) is 10.9. The smallest absolute Gasteiger partial charge is 0.0638 e. The second kappa shape index (κ2) is 4.63. The fraction of sp³-hybridized carbons (Fsp3) is 0.462. The molecule has 0 bridgehead atoms. The van der Waals surface area contributed by atoms with E-state index in [1.807, 2.05) is 0 Å². The van der Waals surface area contributed by atoms with Gasteiger partial charge in [0.2, 0.25) is 0 Å². The number of hydrogen-bond acceptors (Lipinski definition) is 4. The summed E-state index contributed by atoms with van der Waals surface area (Å²) in [6, 6.07) is 6.57. The quantitative estimate of drug-likeness (QED) is 0.882. The fourth-order valence-corrected chi connectivity index (χ4v) is 3.33. The van der Waals surface area contributed by atoms with Gasteiger partial charge in [-0.25, -0.2) is 0 Å². The molecule has 1 aliphatic rings. The Morgan fingerprint density at radius 1 is 1.35 bits per heavy atom. The summed E-state index contributed by atoms with van der Waals surface area (Å²) in [5.41, 5.74) is 2.62. The number of aromatic nitrogens is 1. The normalized spacial score (nSPS) is 16.6. The van der Waals surface area contributed by atoms with Crippen LogP contribution in [-0.4, -0.2) is 30.6 Å². The molecule has 1 aromatic carbocycles. The molecule has 2 heterocycles. The van der Waals surface area contributed by atoms with Crippen molar-refractivity contribution in [2.45, 2.75) is 13.3 Å². The van der Waals surface area contributed by atoms with Crippen LogP contribution in [0.5, 0.6) is 0 Å². The van der Waals surface area contributed by atoms with Crippen LogP contribution < -0.4 is 10.2 Å². The molecular formula is C13H17N3S. The van der Waals surface area contributed by atoms with Gasteiger partial charge < -0.3 is 10.2 Å². The van der Waals surface area contributed by atoms with Gasteiger partial charge in [-0.2, -0.15) is 4.37 Å². The van der Waals surface area contributed by atoms with Gasteiger partial charge in [0.05, 0.1) is 10.4 Å². The summed E-state index contributed by atoms with van der Waals surface area (Å²) < 4.78 is 5.89. The molecule has 0 saturated carbocycles. The van der Waals surface area contributed by atoms with Crippen LogP contribution in [0.1, 0.15) is 12.6 Å². The summed E-state index contributed by atoms with van der Waals surface area (Å²) in [5.74, 6) is 0. The monoisotopic (exact) mass is 247 g/mol. The van der Waals surface area contributed by atoms with E-state index in [1.165, 1.54) is 21.5 Å². The van der Waals surface area contributed by atoms with Crippen molar-refractivity contribution in [3.8, 4) is 0 Å². The van der Waals surface area contributed by atoms with Gasteiger partial charge in [0.1, 0.15) is 0 Å².